The molecule has 0 unspecified atom stereocenters. The predicted octanol–water partition coefficient (Wildman–Crippen LogP) is 5.42. The molecule has 0 aliphatic carbocycles. The summed E-state index contributed by atoms with van der Waals surface area (Å²) < 4.78 is 12.8. The third-order valence-electron chi connectivity index (χ3n) is 5.92. The van der Waals surface area contributed by atoms with E-state index in [0.29, 0.717) is 0 Å². The number of nitrogens with zero attached hydrogens (tertiary/aromatic N) is 3. The quantitative estimate of drug-likeness (QED) is 0.348. The van der Waals surface area contributed by atoms with Gasteiger partial charge in [0.15, 0.2) is 4.96 Å². The van der Waals surface area contributed by atoms with Crippen LogP contribution in [0, 0.1) is 6.92 Å². The van der Waals surface area contributed by atoms with Crippen molar-refractivity contribution in [2.75, 3.05) is 37.5 Å². The second-order valence-electron chi connectivity index (χ2n) is 7.97. The average Bonchev–Trinajstić information content (AvgIpc) is 3.43. The van der Waals surface area contributed by atoms with Crippen molar-refractivity contribution in [3.63, 3.8) is 0 Å². The van der Waals surface area contributed by atoms with Crippen molar-refractivity contribution in [3.8, 4) is 22.8 Å². The van der Waals surface area contributed by atoms with Gasteiger partial charge in [0.25, 0.3) is 0 Å². The van der Waals surface area contributed by atoms with Crippen LogP contribution < -0.4 is 19.7 Å². The first-order valence-corrected chi connectivity index (χ1v) is 12.2. The molecule has 178 valence electrons. The maximum absolute atomic E-state index is 12.9. The van der Waals surface area contributed by atoms with E-state index in [1.54, 1.807) is 14.2 Å². The lowest BCUT2D eigenvalue weighted by atomic mass is 10.1. The Morgan fingerprint density at radius 2 is 1.91 bits per heavy atom. The molecule has 2 aromatic carbocycles. The first-order valence-electron chi connectivity index (χ1n) is 11.3. The Hall–Kier alpha value is -3.52. The third-order valence-corrected chi connectivity index (χ3v) is 6.81. The summed E-state index contributed by atoms with van der Waals surface area (Å²) in [6, 6.07) is 11.8. The van der Waals surface area contributed by atoms with Crippen LogP contribution in [0.25, 0.3) is 16.2 Å². The summed E-state index contributed by atoms with van der Waals surface area (Å²) in [7, 11) is 3.27. The highest BCUT2D eigenvalue weighted by Gasteiger charge is 2.16. The smallest absolute Gasteiger partial charge is 0.230 e. The molecule has 0 saturated heterocycles. The van der Waals surface area contributed by atoms with E-state index in [-0.39, 0.29) is 12.3 Å². The normalized spacial score (nSPS) is 11.0. The molecule has 1 amide bonds. The van der Waals surface area contributed by atoms with Gasteiger partial charge >= 0.3 is 0 Å². The number of thiazole rings is 1. The first kappa shape index (κ1) is 23.6. The molecule has 4 aromatic rings. The second kappa shape index (κ2) is 10.2. The molecule has 4 rings (SSSR count). The average molecular weight is 479 g/mol. The van der Waals surface area contributed by atoms with Crippen LogP contribution in [0.2, 0.25) is 0 Å². The van der Waals surface area contributed by atoms with Gasteiger partial charge in [-0.3, -0.25) is 9.20 Å². The van der Waals surface area contributed by atoms with Crippen LogP contribution in [0.5, 0.6) is 11.5 Å². The zero-order valence-electron chi connectivity index (χ0n) is 20.2. The number of anilines is 2. The topological polar surface area (TPSA) is 68.1 Å². The Morgan fingerprint density at radius 3 is 2.59 bits per heavy atom. The number of hydrogen-bond acceptors (Lipinski definition) is 6. The van der Waals surface area contributed by atoms with Gasteiger partial charge in [-0.1, -0.05) is 0 Å². The molecule has 7 nitrogen and oxygen atoms in total. The lowest BCUT2D eigenvalue weighted by Gasteiger charge is -2.22. The van der Waals surface area contributed by atoms with Gasteiger partial charge in [-0.15, -0.1) is 11.3 Å². The molecule has 0 atom stereocenters. The standard InChI is InChI=1S/C26H30N4O3S/c1-6-29(7-2)18-8-10-22(17(3)12-18)27-25(31)13-19-16-34-26-28-23(15-30(19)26)21-14-20(32-4)9-11-24(21)33-5/h8-12,14-16H,6-7,13H2,1-5H3,(H,27,31). The van der Waals surface area contributed by atoms with Crippen molar-refractivity contribution in [2.24, 2.45) is 0 Å². The fourth-order valence-corrected chi connectivity index (χ4v) is 4.91. The fourth-order valence-electron chi connectivity index (χ4n) is 4.03. The minimum Gasteiger partial charge on any atom is -0.497 e. The largest absolute Gasteiger partial charge is 0.497 e. The van der Waals surface area contributed by atoms with Gasteiger partial charge < -0.3 is 19.7 Å². The van der Waals surface area contributed by atoms with Crippen molar-refractivity contribution < 1.29 is 14.3 Å². The Labute approximate surface area is 204 Å². The Morgan fingerprint density at radius 1 is 1.12 bits per heavy atom. The number of methoxy groups -OCH3 is 2. The second-order valence-corrected chi connectivity index (χ2v) is 8.80. The number of fused-ring (bicyclic) bond motifs is 1. The monoisotopic (exact) mass is 478 g/mol. The van der Waals surface area contributed by atoms with Crippen LogP contribution in [0.1, 0.15) is 25.1 Å². The summed E-state index contributed by atoms with van der Waals surface area (Å²) >= 11 is 1.51. The number of nitrogens with one attached hydrogen (secondary N) is 1. The number of amides is 1. The van der Waals surface area contributed by atoms with Crippen molar-refractivity contribution in [1.82, 2.24) is 9.38 Å². The number of aromatic nitrogens is 2. The molecule has 8 heteroatoms. The maximum Gasteiger partial charge on any atom is 0.230 e. The molecule has 0 aliphatic rings. The summed E-state index contributed by atoms with van der Waals surface area (Å²) in [5.74, 6) is 1.39. The third kappa shape index (κ3) is 4.72. The van der Waals surface area contributed by atoms with E-state index >= 15 is 0 Å². The van der Waals surface area contributed by atoms with Crippen LogP contribution in [0.4, 0.5) is 11.4 Å². The molecule has 0 spiro atoms. The van der Waals surface area contributed by atoms with E-state index in [2.05, 4.69) is 36.2 Å². The number of carbonyl (C=O) groups is 1. The number of aryl methyl sites for hydroxylation is 1. The molecule has 2 heterocycles. The molecule has 0 fully saturated rings. The number of rotatable bonds is 9. The fraction of sp³-hybridized carbons (Fsp3) is 0.308. The van der Waals surface area contributed by atoms with E-state index < -0.39 is 0 Å². The Bertz CT molecular complexity index is 1310. The van der Waals surface area contributed by atoms with Crippen molar-refractivity contribution >= 4 is 33.6 Å². The predicted molar refractivity (Wildman–Crippen MR) is 139 cm³/mol. The summed E-state index contributed by atoms with van der Waals surface area (Å²) in [5.41, 5.74) is 5.54. The molecular formula is C26H30N4O3S. The van der Waals surface area contributed by atoms with Gasteiger partial charge in [-0.2, -0.15) is 0 Å². The van der Waals surface area contributed by atoms with Gasteiger partial charge in [0.1, 0.15) is 11.5 Å². The summed E-state index contributed by atoms with van der Waals surface area (Å²) in [6.45, 7) is 8.20. The Kier molecular flexibility index (Phi) is 7.07. The van der Waals surface area contributed by atoms with Crippen molar-refractivity contribution in [1.29, 1.82) is 0 Å². The zero-order chi connectivity index (χ0) is 24.2. The lowest BCUT2D eigenvalue weighted by molar-refractivity contribution is -0.115. The highest BCUT2D eigenvalue weighted by Crippen LogP contribution is 2.34. The number of benzene rings is 2. The number of ether oxygens (including phenoxy) is 2. The van der Waals surface area contributed by atoms with Gasteiger partial charge in [-0.05, 0) is 62.7 Å². The van der Waals surface area contributed by atoms with Crippen LogP contribution in [-0.2, 0) is 11.2 Å². The summed E-state index contributed by atoms with van der Waals surface area (Å²) in [5, 5.41) is 5.04. The Balaban J connectivity index is 1.54. The lowest BCUT2D eigenvalue weighted by Crippen LogP contribution is -2.22. The van der Waals surface area contributed by atoms with Gasteiger partial charge in [0, 0.05) is 47.3 Å². The minimum absolute atomic E-state index is 0.0624. The number of carbonyl (C=O) groups excluding carboxylic acids is 1. The van der Waals surface area contributed by atoms with E-state index in [1.807, 2.05) is 47.2 Å². The molecule has 0 aliphatic heterocycles. The SMILES string of the molecule is CCN(CC)c1ccc(NC(=O)Cc2csc3nc(-c4cc(OC)ccc4OC)cn23)c(C)c1. The number of imidazole rings is 1. The molecule has 0 saturated carbocycles. The van der Waals surface area contributed by atoms with E-state index in [4.69, 9.17) is 14.5 Å². The summed E-state index contributed by atoms with van der Waals surface area (Å²) in [4.78, 5) is 20.7. The van der Waals surface area contributed by atoms with Crippen LogP contribution in [-0.4, -0.2) is 42.6 Å². The van der Waals surface area contributed by atoms with Crippen molar-refractivity contribution in [3.05, 3.63) is 59.2 Å². The van der Waals surface area contributed by atoms with E-state index in [1.165, 1.54) is 17.0 Å². The van der Waals surface area contributed by atoms with E-state index in [0.717, 1.165) is 57.8 Å². The minimum atomic E-state index is -0.0624. The molecule has 34 heavy (non-hydrogen) atoms. The van der Waals surface area contributed by atoms with Gasteiger partial charge in [0.05, 0.1) is 26.3 Å². The number of hydrogen-bond donors (Lipinski definition) is 1. The molecule has 1 N–H and O–H groups in total. The summed E-state index contributed by atoms with van der Waals surface area (Å²) in [6.07, 6.45) is 2.19. The molecule has 2 aromatic heterocycles. The van der Waals surface area contributed by atoms with Crippen LogP contribution >= 0.6 is 11.3 Å². The molecule has 0 bridgehead atoms. The van der Waals surface area contributed by atoms with Crippen LogP contribution in [0.15, 0.2) is 48.0 Å². The highest BCUT2D eigenvalue weighted by molar-refractivity contribution is 7.15. The van der Waals surface area contributed by atoms with Gasteiger partial charge in [0.2, 0.25) is 5.91 Å². The zero-order valence-corrected chi connectivity index (χ0v) is 21.0. The highest BCUT2D eigenvalue weighted by atomic mass is 32.1. The molecular weight excluding hydrogens is 448 g/mol. The first-order chi connectivity index (χ1) is 16.5. The molecule has 0 radical (unpaired) electrons. The van der Waals surface area contributed by atoms with E-state index in [9.17, 15) is 4.79 Å². The van der Waals surface area contributed by atoms with Gasteiger partial charge in [-0.25, -0.2) is 4.98 Å². The van der Waals surface area contributed by atoms with Crippen LogP contribution in [0.3, 0.4) is 0 Å². The maximum atomic E-state index is 12.9. The van der Waals surface area contributed by atoms with Crippen molar-refractivity contribution in [2.45, 2.75) is 27.2 Å².